The van der Waals surface area contributed by atoms with E-state index in [1.54, 1.807) is 0 Å². The summed E-state index contributed by atoms with van der Waals surface area (Å²) in [5, 5.41) is 6.65. The number of nitrogen functional groups attached to an aromatic ring is 2. The largest absolute Gasteiger partial charge is 0.399 e. The zero-order chi connectivity index (χ0) is 20.3. The van der Waals surface area contributed by atoms with Gasteiger partial charge in [0.25, 0.3) is 0 Å². The summed E-state index contributed by atoms with van der Waals surface area (Å²) in [6, 6.07) is 6.06. The van der Waals surface area contributed by atoms with Gasteiger partial charge >= 0.3 is 5.95 Å². The van der Waals surface area contributed by atoms with Gasteiger partial charge in [0.15, 0.2) is 0 Å². The van der Waals surface area contributed by atoms with E-state index in [1.807, 2.05) is 75.6 Å². The minimum Gasteiger partial charge on any atom is -0.399 e. The van der Waals surface area contributed by atoms with Gasteiger partial charge < -0.3 is 16.4 Å². The summed E-state index contributed by atoms with van der Waals surface area (Å²) in [6.07, 6.45) is 3.82. The van der Waals surface area contributed by atoms with Crippen LogP contribution in [0.2, 0.25) is 0 Å². The van der Waals surface area contributed by atoms with E-state index in [0.29, 0.717) is 0 Å². The van der Waals surface area contributed by atoms with Crippen molar-refractivity contribution in [3.63, 3.8) is 0 Å². The van der Waals surface area contributed by atoms with Gasteiger partial charge in [0, 0.05) is 24.5 Å². The third-order valence-electron chi connectivity index (χ3n) is 3.93. The van der Waals surface area contributed by atoms with Crippen LogP contribution in [0.15, 0.2) is 30.6 Å². The Morgan fingerprint density at radius 3 is 2.15 bits per heavy atom. The lowest BCUT2D eigenvalue weighted by atomic mass is 9.93. The maximum absolute atomic E-state index is 5.78. The lowest BCUT2D eigenvalue weighted by Crippen LogP contribution is -2.33. The van der Waals surface area contributed by atoms with Gasteiger partial charge in [-0.1, -0.05) is 27.7 Å². The van der Waals surface area contributed by atoms with Gasteiger partial charge in [-0.05, 0) is 43.1 Å². The van der Waals surface area contributed by atoms with Gasteiger partial charge in [0.05, 0.1) is 26.5 Å². The molecule has 0 atom stereocenters. The van der Waals surface area contributed by atoms with Crippen molar-refractivity contribution in [2.45, 2.75) is 34.6 Å². The number of benzene rings is 1. The molecule has 6 heteroatoms. The van der Waals surface area contributed by atoms with E-state index in [1.165, 1.54) is 0 Å². The highest BCUT2D eigenvalue weighted by Crippen LogP contribution is 2.19. The van der Waals surface area contributed by atoms with Crippen molar-refractivity contribution in [3.05, 3.63) is 36.2 Å². The highest BCUT2D eigenvalue weighted by atomic mass is 15.2. The maximum Gasteiger partial charge on any atom is 0.354 e. The Morgan fingerprint density at radius 2 is 1.77 bits per heavy atom. The molecule has 148 valence electrons. The quantitative estimate of drug-likeness (QED) is 0.486. The van der Waals surface area contributed by atoms with Gasteiger partial charge in [-0.15, -0.1) is 0 Å². The topological polar surface area (TPSA) is 84.9 Å². The van der Waals surface area contributed by atoms with E-state index in [2.05, 4.69) is 30.5 Å². The molecule has 0 spiro atoms. The summed E-state index contributed by atoms with van der Waals surface area (Å²) >= 11 is 0. The molecule has 1 heterocycles. The van der Waals surface area contributed by atoms with E-state index >= 15 is 0 Å². The highest BCUT2D eigenvalue weighted by Gasteiger charge is 2.16. The molecule has 2 rings (SSSR count). The minimum absolute atomic E-state index is 0.240. The number of hydrogen-bond donors (Lipinski definition) is 4. The highest BCUT2D eigenvalue weighted by molar-refractivity contribution is 5.56. The molecule has 26 heavy (non-hydrogen) atoms. The smallest absolute Gasteiger partial charge is 0.354 e. The van der Waals surface area contributed by atoms with Crippen LogP contribution in [-0.4, -0.2) is 24.7 Å². The predicted octanol–water partition coefficient (Wildman–Crippen LogP) is 2.69. The van der Waals surface area contributed by atoms with Crippen LogP contribution in [-0.2, 0) is 14.1 Å². The fourth-order valence-corrected chi connectivity index (χ4v) is 2.27. The van der Waals surface area contributed by atoms with Crippen molar-refractivity contribution >= 4 is 17.3 Å². The van der Waals surface area contributed by atoms with Crippen molar-refractivity contribution in [1.82, 2.24) is 9.88 Å². The Balaban J connectivity index is 0.000000522. The Morgan fingerprint density at radius 1 is 1.15 bits per heavy atom. The van der Waals surface area contributed by atoms with Crippen LogP contribution in [0, 0.1) is 12.3 Å². The number of nitrogens with zero attached hydrogens (tertiary/aromatic N) is 2. The Hall–Kier alpha value is -2.21. The molecule has 0 radical (unpaired) electrons. The molecule has 0 saturated carbocycles. The first-order valence-electron chi connectivity index (χ1n) is 9.17. The number of nitrogens with two attached hydrogens (primary N) is 2. The van der Waals surface area contributed by atoms with Gasteiger partial charge in [0.1, 0.15) is 0 Å². The number of aryl methyl sites for hydroxylation is 3. The molecular formula is C20H39N6+. The summed E-state index contributed by atoms with van der Waals surface area (Å²) < 4.78 is 3.72. The van der Waals surface area contributed by atoms with Crippen LogP contribution >= 0.6 is 0 Å². The average molecular weight is 364 g/mol. The lowest BCUT2D eigenvalue weighted by Gasteiger charge is -2.25. The molecule has 0 aliphatic heterocycles. The third-order valence-corrected chi connectivity index (χ3v) is 3.93. The number of hydrogen-bond acceptors (Lipinski definition) is 4. The summed E-state index contributed by atoms with van der Waals surface area (Å²) in [5.41, 5.74) is 14.7. The number of imidazole rings is 1. The fraction of sp³-hybridized carbons (Fsp3) is 0.550. The number of anilines is 3. The molecule has 0 amide bonds. The summed E-state index contributed by atoms with van der Waals surface area (Å²) in [6.45, 7) is 12.4. The second kappa shape index (κ2) is 11.4. The summed E-state index contributed by atoms with van der Waals surface area (Å²) in [5.74, 6) is 0.769. The lowest BCUT2D eigenvalue weighted by molar-refractivity contribution is -0.655. The van der Waals surface area contributed by atoms with Gasteiger partial charge in [-0.2, -0.15) is 0 Å². The number of nitrogens with one attached hydrogen (secondary N) is 2. The van der Waals surface area contributed by atoms with Crippen molar-refractivity contribution in [1.29, 1.82) is 0 Å². The first-order valence-corrected chi connectivity index (χ1v) is 9.17. The Bertz CT molecular complexity index is 626. The van der Waals surface area contributed by atoms with Crippen molar-refractivity contribution in [2.24, 2.45) is 19.5 Å². The standard InChI is InChI=1S/C13H23N3.C5H9N3.C2H6/c1-10-7-11(5-6-12(10)14)16-9-13(2,3)8-15-4;1-7-3-4-8(2)5(7)6;1-2/h5-7,15-16H,8-9,14H2,1-4H3;3-4,6H,1-2H3;1-2H3/p+1. The molecule has 1 aromatic heterocycles. The molecule has 0 aliphatic rings. The predicted molar refractivity (Wildman–Crippen MR) is 114 cm³/mol. The van der Waals surface area contributed by atoms with Crippen LogP contribution < -0.4 is 26.7 Å². The Kier molecular flexibility index (Phi) is 10.4. The Labute approximate surface area is 159 Å². The monoisotopic (exact) mass is 363 g/mol. The van der Waals surface area contributed by atoms with E-state index < -0.39 is 0 Å². The molecule has 0 unspecified atom stereocenters. The maximum atomic E-state index is 5.78. The molecular weight excluding hydrogens is 324 g/mol. The normalized spacial score (nSPS) is 10.3. The van der Waals surface area contributed by atoms with E-state index in [9.17, 15) is 0 Å². The fourth-order valence-electron chi connectivity index (χ4n) is 2.27. The average Bonchev–Trinajstić information content (AvgIpc) is 2.89. The molecule has 6 N–H and O–H groups in total. The van der Waals surface area contributed by atoms with Crippen LogP contribution in [0.1, 0.15) is 33.3 Å². The minimum atomic E-state index is 0.240. The SMILES string of the molecule is CC.CNCC(C)(C)CNc1ccc(N)c(C)c1.Cn1cc[n+](C)c1N. The van der Waals surface area contributed by atoms with Crippen molar-refractivity contribution < 1.29 is 4.57 Å². The second-order valence-corrected chi connectivity index (χ2v) is 7.00. The zero-order valence-electron chi connectivity index (χ0n) is 17.9. The van der Waals surface area contributed by atoms with E-state index in [-0.39, 0.29) is 5.41 Å². The number of rotatable bonds is 5. The molecule has 1 aromatic carbocycles. The van der Waals surface area contributed by atoms with Gasteiger partial charge in [-0.25, -0.2) is 9.13 Å². The molecule has 0 saturated heterocycles. The molecule has 6 nitrogen and oxygen atoms in total. The number of aromatic nitrogens is 2. The molecule has 2 aromatic rings. The molecule has 0 fully saturated rings. The first kappa shape index (κ1) is 23.8. The van der Waals surface area contributed by atoms with Gasteiger partial charge in [-0.3, -0.25) is 5.73 Å². The van der Waals surface area contributed by atoms with Crippen LogP contribution in [0.25, 0.3) is 0 Å². The van der Waals surface area contributed by atoms with E-state index in [4.69, 9.17) is 11.5 Å². The van der Waals surface area contributed by atoms with Crippen molar-refractivity contribution in [3.8, 4) is 0 Å². The zero-order valence-corrected chi connectivity index (χ0v) is 17.9. The third kappa shape index (κ3) is 8.25. The van der Waals surface area contributed by atoms with Gasteiger partial charge in [0.2, 0.25) is 0 Å². The van der Waals surface area contributed by atoms with Crippen LogP contribution in [0.5, 0.6) is 0 Å². The van der Waals surface area contributed by atoms with E-state index in [0.717, 1.165) is 36.0 Å². The first-order chi connectivity index (χ1) is 12.2. The van der Waals surface area contributed by atoms with Crippen LogP contribution in [0.3, 0.4) is 0 Å². The second-order valence-electron chi connectivity index (χ2n) is 7.00. The van der Waals surface area contributed by atoms with Crippen LogP contribution in [0.4, 0.5) is 17.3 Å². The summed E-state index contributed by atoms with van der Waals surface area (Å²) in [7, 11) is 5.81. The summed E-state index contributed by atoms with van der Waals surface area (Å²) in [4.78, 5) is 0. The molecule has 0 aliphatic carbocycles. The van der Waals surface area contributed by atoms with Crippen molar-refractivity contribution in [2.75, 3.05) is 36.9 Å². The molecule has 0 bridgehead atoms.